The maximum absolute atomic E-state index is 5.62. The molecule has 0 atom stereocenters. The molecule has 0 bridgehead atoms. The summed E-state index contributed by atoms with van der Waals surface area (Å²) in [6, 6.07) is 18.3. The second kappa shape index (κ2) is 5.90. The van der Waals surface area contributed by atoms with Crippen LogP contribution in [0.2, 0.25) is 0 Å². The Morgan fingerprint density at radius 3 is 2.59 bits per heavy atom. The quantitative estimate of drug-likeness (QED) is 0.760. The lowest BCUT2D eigenvalue weighted by Crippen LogP contribution is -1.93. The van der Waals surface area contributed by atoms with E-state index < -0.39 is 0 Å². The number of benzene rings is 2. The lowest BCUT2D eigenvalue weighted by molar-refractivity contribution is 0.363. The van der Waals surface area contributed by atoms with Gasteiger partial charge in [-0.05, 0) is 36.3 Å². The van der Waals surface area contributed by atoms with Gasteiger partial charge in [0.15, 0.2) is 0 Å². The van der Waals surface area contributed by atoms with Gasteiger partial charge in [-0.2, -0.15) is 0 Å². The van der Waals surface area contributed by atoms with Crippen molar-refractivity contribution in [3.8, 4) is 5.75 Å². The van der Waals surface area contributed by atoms with Crippen molar-refractivity contribution in [3.63, 3.8) is 0 Å². The Morgan fingerprint density at radius 2 is 1.82 bits per heavy atom. The highest BCUT2D eigenvalue weighted by atomic mass is 16.5. The van der Waals surface area contributed by atoms with Crippen LogP contribution in [0.25, 0.3) is 6.08 Å². The molecule has 0 N–H and O–H groups in total. The molecule has 0 aliphatic heterocycles. The molecule has 0 radical (unpaired) electrons. The first-order valence-corrected chi connectivity index (χ1v) is 5.76. The zero-order valence-electron chi connectivity index (χ0n) is 9.97. The summed E-state index contributed by atoms with van der Waals surface area (Å²) in [7, 11) is 0. The van der Waals surface area contributed by atoms with Gasteiger partial charge in [0, 0.05) is 0 Å². The molecule has 0 fully saturated rings. The van der Waals surface area contributed by atoms with Gasteiger partial charge in [-0.3, -0.25) is 0 Å². The van der Waals surface area contributed by atoms with E-state index in [0.717, 1.165) is 5.75 Å². The van der Waals surface area contributed by atoms with Crippen molar-refractivity contribution in [2.45, 2.75) is 6.92 Å². The lowest BCUT2D eigenvalue weighted by atomic mass is 10.2. The molecule has 1 nitrogen and oxygen atoms in total. The lowest BCUT2D eigenvalue weighted by Gasteiger charge is -2.03. The van der Waals surface area contributed by atoms with Gasteiger partial charge >= 0.3 is 0 Å². The molecule has 86 valence electrons. The van der Waals surface area contributed by atoms with Crippen LogP contribution in [-0.2, 0) is 0 Å². The zero-order valence-corrected chi connectivity index (χ0v) is 9.97. The third kappa shape index (κ3) is 3.80. The Labute approximate surface area is 102 Å². The van der Waals surface area contributed by atoms with E-state index in [0.29, 0.717) is 6.61 Å². The summed E-state index contributed by atoms with van der Waals surface area (Å²) in [6.07, 6.45) is 4.09. The second-order valence-corrected chi connectivity index (χ2v) is 3.94. The van der Waals surface area contributed by atoms with Crippen molar-refractivity contribution in [2.24, 2.45) is 0 Å². The molecule has 0 aliphatic carbocycles. The molecule has 0 saturated carbocycles. The molecule has 0 saturated heterocycles. The Balaban J connectivity index is 1.86. The molecule has 1 heteroatoms. The maximum atomic E-state index is 5.62. The predicted molar refractivity (Wildman–Crippen MR) is 72.2 cm³/mol. The van der Waals surface area contributed by atoms with Crippen molar-refractivity contribution >= 4 is 6.08 Å². The largest absolute Gasteiger partial charge is 0.490 e. The average Bonchev–Trinajstić information content (AvgIpc) is 2.36. The highest BCUT2D eigenvalue weighted by molar-refractivity contribution is 5.48. The number of hydrogen-bond donors (Lipinski definition) is 0. The number of hydrogen-bond acceptors (Lipinski definition) is 1. The van der Waals surface area contributed by atoms with Crippen LogP contribution in [0.5, 0.6) is 5.75 Å². The van der Waals surface area contributed by atoms with Crippen LogP contribution in [0.1, 0.15) is 11.1 Å². The van der Waals surface area contributed by atoms with Crippen LogP contribution < -0.4 is 4.74 Å². The van der Waals surface area contributed by atoms with Crippen molar-refractivity contribution in [1.82, 2.24) is 0 Å². The van der Waals surface area contributed by atoms with E-state index in [1.54, 1.807) is 0 Å². The molecule has 0 aromatic heterocycles. The third-order valence-electron chi connectivity index (χ3n) is 2.45. The van der Waals surface area contributed by atoms with Gasteiger partial charge in [0.2, 0.25) is 0 Å². The minimum absolute atomic E-state index is 0.596. The first-order valence-electron chi connectivity index (χ1n) is 5.76. The average molecular weight is 224 g/mol. The Bertz CT molecular complexity index is 486. The molecule has 2 rings (SSSR count). The van der Waals surface area contributed by atoms with E-state index in [2.05, 4.69) is 31.2 Å². The molecule has 0 amide bonds. The third-order valence-corrected chi connectivity index (χ3v) is 2.45. The van der Waals surface area contributed by atoms with E-state index in [-0.39, 0.29) is 0 Å². The minimum Gasteiger partial charge on any atom is -0.490 e. The number of rotatable bonds is 4. The monoisotopic (exact) mass is 224 g/mol. The predicted octanol–water partition coefficient (Wildman–Crippen LogP) is 4.09. The molecule has 0 spiro atoms. The van der Waals surface area contributed by atoms with Crippen molar-refractivity contribution in [3.05, 3.63) is 71.8 Å². The van der Waals surface area contributed by atoms with E-state index in [9.17, 15) is 0 Å². The first-order chi connectivity index (χ1) is 8.34. The van der Waals surface area contributed by atoms with Crippen LogP contribution >= 0.6 is 0 Å². The molecular weight excluding hydrogens is 208 g/mol. The van der Waals surface area contributed by atoms with Gasteiger partial charge < -0.3 is 4.74 Å². The topological polar surface area (TPSA) is 9.23 Å². The molecular formula is C16H16O. The van der Waals surface area contributed by atoms with E-state index in [4.69, 9.17) is 4.74 Å². The molecule has 0 aliphatic rings. The second-order valence-electron chi connectivity index (χ2n) is 3.94. The fourth-order valence-electron chi connectivity index (χ4n) is 1.60. The van der Waals surface area contributed by atoms with Crippen LogP contribution in [-0.4, -0.2) is 6.61 Å². The normalized spacial score (nSPS) is 10.6. The van der Waals surface area contributed by atoms with Crippen molar-refractivity contribution in [1.29, 1.82) is 0 Å². The Kier molecular flexibility index (Phi) is 3.98. The van der Waals surface area contributed by atoms with Crippen LogP contribution in [0.15, 0.2) is 60.7 Å². The van der Waals surface area contributed by atoms with E-state index >= 15 is 0 Å². The standard InChI is InChI=1S/C16H16O/c1-14-7-5-11-16(13-14)17-12-6-10-15-8-3-2-4-9-15/h2-11,13H,12H2,1H3/b10-6-. The summed E-state index contributed by atoms with van der Waals surface area (Å²) < 4.78 is 5.62. The van der Waals surface area contributed by atoms with Gasteiger partial charge in [-0.25, -0.2) is 0 Å². The summed E-state index contributed by atoms with van der Waals surface area (Å²) in [4.78, 5) is 0. The maximum Gasteiger partial charge on any atom is 0.120 e. The van der Waals surface area contributed by atoms with Crippen LogP contribution in [0.4, 0.5) is 0 Å². The number of ether oxygens (including phenoxy) is 1. The summed E-state index contributed by atoms with van der Waals surface area (Å²) >= 11 is 0. The molecule has 0 heterocycles. The van der Waals surface area contributed by atoms with Gasteiger partial charge in [-0.1, -0.05) is 48.5 Å². The van der Waals surface area contributed by atoms with Gasteiger partial charge in [0.05, 0.1) is 0 Å². The summed E-state index contributed by atoms with van der Waals surface area (Å²) in [5.41, 5.74) is 2.41. The Hall–Kier alpha value is -2.02. The molecule has 0 unspecified atom stereocenters. The van der Waals surface area contributed by atoms with Gasteiger partial charge in [0.1, 0.15) is 12.4 Å². The molecule has 17 heavy (non-hydrogen) atoms. The highest BCUT2D eigenvalue weighted by Gasteiger charge is 1.91. The zero-order chi connectivity index (χ0) is 11.9. The smallest absolute Gasteiger partial charge is 0.120 e. The summed E-state index contributed by atoms with van der Waals surface area (Å²) in [6.45, 7) is 2.66. The van der Waals surface area contributed by atoms with Crippen LogP contribution in [0, 0.1) is 6.92 Å². The van der Waals surface area contributed by atoms with E-state index in [1.807, 2.05) is 42.5 Å². The van der Waals surface area contributed by atoms with Gasteiger partial charge in [-0.15, -0.1) is 0 Å². The Morgan fingerprint density at radius 1 is 1.00 bits per heavy atom. The SMILES string of the molecule is Cc1cccc(OC/C=C\c2ccccc2)c1. The summed E-state index contributed by atoms with van der Waals surface area (Å²) in [5.74, 6) is 0.919. The minimum atomic E-state index is 0.596. The molecule has 2 aromatic rings. The van der Waals surface area contributed by atoms with Gasteiger partial charge in [0.25, 0.3) is 0 Å². The fraction of sp³-hybridized carbons (Fsp3) is 0.125. The van der Waals surface area contributed by atoms with E-state index in [1.165, 1.54) is 11.1 Å². The fourth-order valence-corrected chi connectivity index (χ4v) is 1.60. The van der Waals surface area contributed by atoms with Crippen molar-refractivity contribution < 1.29 is 4.74 Å². The number of aryl methyl sites for hydroxylation is 1. The van der Waals surface area contributed by atoms with Crippen molar-refractivity contribution in [2.75, 3.05) is 6.61 Å². The molecule has 2 aromatic carbocycles. The highest BCUT2D eigenvalue weighted by Crippen LogP contribution is 2.12. The summed E-state index contributed by atoms with van der Waals surface area (Å²) in [5, 5.41) is 0. The first kappa shape index (κ1) is 11.5. The van der Waals surface area contributed by atoms with Crippen LogP contribution in [0.3, 0.4) is 0 Å².